The number of nitrogens with zero attached hydrogens (tertiary/aromatic N) is 2. The first-order valence-electron chi connectivity index (χ1n) is 7.49. The zero-order valence-electron chi connectivity index (χ0n) is 12.6. The predicted octanol–water partition coefficient (Wildman–Crippen LogP) is 1.13. The maximum absolute atomic E-state index is 12.1. The van der Waals surface area contributed by atoms with Crippen molar-refractivity contribution in [2.24, 2.45) is 5.92 Å². The molecule has 2 heterocycles. The van der Waals surface area contributed by atoms with Crippen molar-refractivity contribution in [2.45, 2.75) is 23.8 Å². The number of sulfonamides is 1. The van der Waals surface area contributed by atoms with Gasteiger partial charge in [-0.15, -0.1) is 0 Å². The monoisotopic (exact) mass is 309 g/mol. The number of nitrogens with one attached hydrogen (secondary N) is 1. The first-order valence-corrected chi connectivity index (χ1v) is 8.93. The molecule has 3 rings (SSSR count). The fourth-order valence-electron chi connectivity index (χ4n) is 3.30. The van der Waals surface area contributed by atoms with Crippen molar-refractivity contribution in [3.63, 3.8) is 0 Å². The van der Waals surface area contributed by atoms with Gasteiger partial charge in [0.2, 0.25) is 10.0 Å². The Balaban J connectivity index is 1.76. The van der Waals surface area contributed by atoms with Crippen molar-refractivity contribution in [3.8, 4) is 0 Å². The number of anilines is 1. The van der Waals surface area contributed by atoms with Crippen molar-refractivity contribution in [3.05, 3.63) is 24.3 Å². The summed E-state index contributed by atoms with van der Waals surface area (Å²) >= 11 is 0. The lowest BCUT2D eigenvalue weighted by Crippen LogP contribution is -2.40. The summed E-state index contributed by atoms with van der Waals surface area (Å²) in [5.41, 5.74) is 1.11. The van der Waals surface area contributed by atoms with Gasteiger partial charge in [-0.2, -0.15) is 0 Å². The molecule has 2 fully saturated rings. The highest BCUT2D eigenvalue weighted by molar-refractivity contribution is 7.89. The highest BCUT2D eigenvalue weighted by atomic mass is 32.2. The maximum atomic E-state index is 12.1. The third-order valence-corrected chi connectivity index (χ3v) is 6.41. The van der Waals surface area contributed by atoms with Gasteiger partial charge in [-0.25, -0.2) is 12.7 Å². The summed E-state index contributed by atoms with van der Waals surface area (Å²) in [4.78, 5) is 2.71. The highest BCUT2D eigenvalue weighted by Gasteiger charge is 2.34. The lowest BCUT2D eigenvalue weighted by atomic mass is 9.94. The van der Waals surface area contributed by atoms with E-state index in [1.165, 1.54) is 17.1 Å². The van der Waals surface area contributed by atoms with Gasteiger partial charge >= 0.3 is 0 Å². The average molecular weight is 309 g/mol. The fourth-order valence-corrected chi connectivity index (χ4v) is 4.20. The summed E-state index contributed by atoms with van der Waals surface area (Å²) in [6, 6.07) is 7.85. The van der Waals surface area contributed by atoms with Gasteiger partial charge in [0.15, 0.2) is 0 Å². The molecule has 116 valence electrons. The molecule has 2 aliphatic rings. The van der Waals surface area contributed by atoms with Crippen LogP contribution in [0.4, 0.5) is 5.69 Å². The van der Waals surface area contributed by atoms with Gasteiger partial charge < -0.3 is 10.2 Å². The van der Waals surface area contributed by atoms with E-state index < -0.39 is 10.0 Å². The van der Waals surface area contributed by atoms with E-state index in [9.17, 15) is 8.42 Å². The number of hydrogen-bond donors (Lipinski definition) is 1. The maximum Gasteiger partial charge on any atom is 0.242 e. The highest BCUT2D eigenvalue weighted by Crippen LogP contribution is 2.29. The van der Waals surface area contributed by atoms with Crippen LogP contribution in [0.15, 0.2) is 29.2 Å². The van der Waals surface area contributed by atoms with E-state index in [2.05, 4.69) is 10.2 Å². The lowest BCUT2D eigenvalue weighted by Gasteiger charge is -2.24. The number of rotatable bonds is 3. The minimum Gasteiger partial charge on any atom is -0.370 e. The van der Waals surface area contributed by atoms with Crippen LogP contribution in [-0.4, -0.2) is 52.5 Å². The molecule has 0 aliphatic carbocycles. The number of fused-ring (bicyclic) bond motifs is 1. The number of hydrogen-bond acceptors (Lipinski definition) is 4. The van der Waals surface area contributed by atoms with E-state index in [-0.39, 0.29) is 0 Å². The second-order valence-electron chi connectivity index (χ2n) is 6.15. The molecule has 0 radical (unpaired) electrons. The predicted molar refractivity (Wildman–Crippen MR) is 84.0 cm³/mol. The lowest BCUT2D eigenvalue weighted by molar-refractivity contribution is 0.340. The third kappa shape index (κ3) is 2.80. The van der Waals surface area contributed by atoms with Crippen LogP contribution in [0.5, 0.6) is 0 Å². The number of benzene rings is 1. The van der Waals surface area contributed by atoms with E-state index >= 15 is 0 Å². The Morgan fingerprint density at radius 1 is 1.19 bits per heavy atom. The summed E-state index contributed by atoms with van der Waals surface area (Å²) < 4.78 is 25.4. The zero-order valence-corrected chi connectivity index (χ0v) is 13.4. The summed E-state index contributed by atoms with van der Waals surface area (Å²) in [5, 5.41) is 3.59. The Morgan fingerprint density at radius 2 is 1.90 bits per heavy atom. The van der Waals surface area contributed by atoms with Gasteiger partial charge in [0, 0.05) is 38.9 Å². The third-order valence-electron chi connectivity index (χ3n) is 4.58. The van der Waals surface area contributed by atoms with Crippen LogP contribution in [0.1, 0.15) is 12.8 Å². The quantitative estimate of drug-likeness (QED) is 0.909. The van der Waals surface area contributed by atoms with Crippen molar-refractivity contribution < 1.29 is 8.42 Å². The smallest absolute Gasteiger partial charge is 0.242 e. The topological polar surface area (TPSA) is 52.7 Å². The van der Waals surface area contributed by atoms with Crippen molar-refractivity contribution in [1.29, 1.82) is 0 Å². The Hall–Kier alpha value is -1.11. The van der Waals surface area contributed by atoms with Crippen molar-refractivity contribution in [1.82, 2.24) is 9.62 Å². The average Bonchev–Trinajstić information content (AvgIpc) is 2.91. The van der Waals surface area contributed by atoms with Crippen molar-refractivity contribution in [2.75, 3.05) is 38.6 Å². The first kappa shape index (κ1) is 14.8. The molecule has 1 aromatic rings. The van der Waals surface area contributed by atoms with Gasteiger partial charge in [-0.3, -0.25) is 0 Å². The molecule has 2 atom stereocenters. The van der Waals surface area contributed by atoms with Gasteiger partial charge in [-0.1, -0.05) is 0 Å². The minimum atomic E-state index is -3.34. The normalized spacial score (nSPS) is 26.1. The Kier molecular flexibility index (Phi) is 3.94. The largest absolute Gasteiger partial charge is 0.370 e. The SMILES string of the molecule is CN(C)S(=O)(=O)c1ccc(N2C[C@@H]3CCCN[C@@H]3C2)cc1. The van der Waals surface area contributed by atoms with E-state index in [1.54, 1.807) is 26.2 Å². The minimum absolute atomic E-state index is 0.353. The summed E-state index contributed by atoms with van der Waals surface area (Å²) in [6.45, 7) is 3.21. The van der Waals surface area contributed by atoms with Gasteiger partial charge in [0.1, 0.15) is 0 Å². The van der Waals surface area contributed by atoms with E-state index in [4.69, 9.17) is 0 Å². The van der Waals surface area contributed by atoms with Crippen molar-refractivity contribution >= 4 is 15.7 Å². The Bertz CT molecular complexity index is 584. The second kappa shape index (κ2) is 5.59. The molecule has 1 aromatic carbocycles. The van der Waals surface area contributed by atoms with Crippen LogP contribution in [0.3, 0.4) is 0 Å². The first-order chi connectivity index (χ1) is 9.98. The molecule has 2 aliphatic heterocycles. The summed E-state index contributed by atoms with van der Waals surface area (Å²) in [7, 11) is -0.224. The standard InChI is InChI=1S/C15H23N3O2S/c1-17(2)21(19,20)14-7-5-13(6-8-14)18-10-12-4-3-9-16-15(12)11-18/h5-8,12,15-16H,3-4,9-11H2,1-2H3/t12-,15+/m0/s1. The van der Waals surface area contributed by atoms with Crippen LogP contribution in [-0.2, 0) is 10.0 Å². The van der Waals surface area contributed by atoms with Gasteiger partial charge in [-0.05, 0) is 49.6 Å². The molecule has 0 spiro atoms. The summed E-state index contributed by atoms with van der Waals surface area (Å²) in [5.74, 6) is 0.726. The van der Waals surface area contributed by atoms with Crippen LogP contribution < -0.4 is 10.2 Å². The van der Waals surface area contributed by atoms with E-state index in [0.717, 1.165) is 31.2 Å². The molecule has 21 heavy (non-hydrogen) atoms. The molecule has 0 aromatic heterocycles. The molecule has 0 unspecified atom stereocenters. The molecular formula is C15H23N3O2S. The second-order valence-corrected chi connectivity index (χ2v) is 8.30. The van der Waals surface area contributed by atoms with E-state index in [0.29, 0.717) is 10.9 Å². The zero-order chi connectivity index (χ0) is 15.0. The van der Waals surface area contributed by atoms with Crippen LogP contribution >= 0.6 is 0 Å². The molecule has 1 N–H and O–H groups in total. The van der Waals surface area contributed by atoms with E-state index in [1.807, 2.05) is 12.1 Å². The molecule has 2 saturated heterocycles. The van der Waals surface area contributed by atoms with Crippen LogP contribution in [0.2, 0.25) is 0 Å². The molecule has 0 bridgehead atoms. The molecular weight excluding hydrogens is 286 g/mol. The number of piperidine rings is 1. The molecule has 0 amide bonds. The van der Waals surface area contributed by atoms with Crippen LogP contribution in [0, 0.1) is 5.92 Å². The molecule has 6 heteroatoms. The summed E-state index contributed by atoms with van der Waals surface area (Å²) in [6.07, 6.45) is 2.55. The van der Waals surface area contributed by atoms with Gasteiger partial charge in [0.25, 0.3) is 0 Å². The Labute approximate surface area is 127 Å². The Morgan fingerprint density at radius 3 is 2.52 bits per heavy atom. The van der Waals surface area contributed by atoms with Crippen LogP contribution in [0.25, 0.3) is 0 Å². The fraction of sp³-hybridized carbons (Fsp3) is 0.600. The molecule has 0 saturated carbocycles. The van der Waals surface area contributed by atoms with Gasteiger partial charge in [0.05, 0.1) is 4.90 Å². The molecule has 5 nitrogen and oxygen atoms in total.